The Labute approximate surface area is 143 Å². The van der Waals surface area contributed by atoms with E-state index in [1.165, 1.54) is 4.31 Å². The molecular weight excluding hydrogens is 322 g/mol. The van der Waals surface area contributed by atoms with Crippen molar-refractivity contribution in [2.75, 3.05) is 19.7 Å². The maximum atomic E-state index is 12.8. The van der Waals surface area contributed by atoms with Crippen LogP contribution in [-0.2, 0) is 14.8 Å². The van der Waals surface area contributed by atoms with Crippen molar-refractivity contribution in [2.24, 2.45) is 0 Å². The Morgan fingerprint density at radius 3 is 2.50 bits per heavy atom. The Balaban J connectivity index is 1.73. The predicted octanol–water partition coefficient (Wildman–Crippen LogP) is 3.10. The van der Waals surface area contributed by atoms with Gasteiger partial charge in [-0.25, -0.2) is 8.42 Å². The van der Waals surface area contributed by atoms with Gasteiger partial charge < -0.3 is 4.74 Å². The molecule has 0 bridgehead atoms. The fourth-order valence-electron chi connectivity index (χ4n) is 2.63. The van der Waals surface area contributed by atoms with Crippen molar-refractivity contribution in [3.63, 3.8) is 0 Å². The summed E-state index contributed by atoms with van der Waals surface area (Å²) >= 11 is 0. The zero-order valence-electron chi connectivity index (χ0n) is 13.6. The molecule has 2 aromatic rings. The molecule has 0 spiro atoms. The fraction of sp³-hybridized carbons (Fsp3) is 0.263. The topological polar surface area (TPSA) is 46.6 Å². The van der Waals surface area contributed by atoms with Crippen LogP contribution in [0.15, 0.2) is 65.6 Å². The second-order valence-corrected chi connectivity index (χ2v) is 7.79. The lowest BCUT2D eigenvalue weighted by Gasteiger charge is -2.30. The highest BCUT2D eigenvalue weighted by atomic mass is 32.2. The first kappa shape index (κ1) is 16.9. The van der Waals surface area contributed by atoms with E-state index in [-0.39, 0.29) is 6.10 Å². The molecule has 4 nitrogen and oxygen atoms in total. The molecule has 1 heterocycles. The normalized spacial score (nSPS) is 19.6. The first-order chi connectivity index (χ1) is 11.6. The first-order valence-electron chi connectivity index (χ1n) is 7.97. The third-order valence-corrected chi connectivity index (χ3v) is 5.90. The van der Waals surface area contributed by atoms with Gasteiger partial charge in [0.15, 0.2) is 0 Å². The van der Waals surface area contributed by atoms with E-state index in [2.05, 4.69) is 0 Å². The van der Waals surface area contributed by atoms with E-state index >= 15 is 0 Å². The van der Waals surface area contributed by atoms with Gasteiger partial charge in [0.05, 0.1) is 17.6 Å². The molecule has 0 N–H and O–H groups in total. The third kappa shape index (κ3) is 3.93. The fourth-order valence-corrected chi connectivity index (χ4v) is 4.06. The molecule has 1 fully saturated rings. The van der Waals surface area contributed by atoms with E-state index < -0.39 is 10.0 Å². The molecule has 0 aromatic heterocycles. The molecular formula is C19H21NO3S. The number of nitrogens with zero attached hydrogens (tertiary/aromatic N) is 1. The largest absolute Gasteiger partial charge is 0.371 e. The molecule has 0 saturated carbocycles. The molecule has 5 heteroatoms. The van der Waals surface area contributed by atoms with E-state index in [0.717, 1.165) is 11.1 Å². The van der Waals surface area contributed by atoms with Gasteiger partial charge in [-0.05, 0) is 24.6 Å². The van der Waals surface area contributed by atoms with Crippen LogP contribution in [0.4, 0.5) is 0 Å². The number of aryl methyl sites for hydroxylation is 1. The zero-order chi connectivity index (χ0) is 17.0. The van der Waals surface area contributed by atoms with Crippen LogP contribution in [0.3, 0.4) is 0 Å². The summed E-state index contributed by atoms with van der Waals surface area (Å²) in [5.41, 5.74) is 2.11. The summed E-state index contributed by atoms with van der Waals surface area (Å²) in [7, 11) is -3.48. The van der Waals surface area contributed by atoms with Crippen LogP contribution in [0.1, 0.15) is 11.1 Å². The van der Waals surface area contributed by atoms with E-state index in [1.807, 2.05) is 61.5 Å². The van der Waals surface area contributed by atoms with Crippen molar-refractivity contribution in [2.45, 2.75) is 17.9 Å². The van der Waals surface area contributed by atoms with E-state index in [0.29, 0.717) is 24.6 Å². The SMILES string of the molecule is Cc1ccc(S(=O)(=O)N2CCOC(/C=C/c3ccccc3)C2)cc1. The molecule has 24 heavy (non-hydrogen) atoms. The summed E-state index contributed by atoms with van der Waals surface area (Å²) < 4.78 is 32.7. The minimum absolute atomic E-state index is 0.237. The molecule has 1 aliphatic rings. The number of sulfonamides is 1. The van der Waals surface area contributed by atoms with Gasteiger partial charge in [-0.2, -0.15) is 4.31 Å². The van der Waals surface area contributed by atoms with Crippen LogP contribution in [-0.4, -0.2) is 38.5 Å². The number of hydrogen-bond acceptors (Lipinski definition) is 3. The third-order valence-electron chi connectivity index (χ3n) is 4.02. The van der Waals surface area contributed by atoms with Gasteiger partial charge >= 0.3 is 0 Å². The average molecular weight is 343 g/mol. The summed E-state index contributed by atoms with van der Waals surface area (Å²) in [4.78, 5) is 0.334. The monoisotopic (exact) mass is 343 g/mol. The van der Waals surface area contributed by atoms with Gasteiger partial charge in [0, 0.05) is 13.1 Å². The summed E-state index contributed by atoms with van der Waals surface area (Å²) in [6, 6.07) is 16.9. The van der Waals surface area contributed by atoms with Crippen LogP contribution >= 0.6 is 0 Å². The second kappa shape index (κ2) is 7.30. The lowest BCUT2D eigenvalue weighted by atomic mass is 10.2. The molecule has 126 valence electrons. The number of ether oxygens (including phenoxy) is 1. The average Bonchev–Trinajstić information content (AvgIpc) is 2.61. The van der Waals surface area contributed by atoms with Crippen LogP contribution in [0.2, 0.25) is 0 Å². The van der Waals surface area contributed by atoms with Crippen LogP contribution in [0.5, 0.6) is 0 Å². The Kier molecular flexibility index (Phi) is 5.14. The van der Waals surface area contributed by atoms with Gasteiger partial charge in [-0.1, -0.05) is 60.2 Å². The lowest BCUT2D eigenvalue weighted by Crippen LogP contribution is -2.44. The molecule has 1 unspecified atom stereocenters. The van der Waals surface area contributed by atoms with Crippen molar-refractivity contribution < 1.29 is 13.2 Å². The molecule has 3 rings (SSSR count). The van der Waals surface area contributed by atoms with E-state index in [9.17, 15) is 8.42 Å². The van der Waals surface area contributed by atoms with Gasteiger partial charge in [-0.3, -0.25) is 0 Å². The van der Waals surface area contributed by atoms with Crippen LogP contribution in [0.25, 0.3) is 6.08 Å². The summed E-state index contributed by atoms with van der Waals surface area (Å²) in [6.45, 7) is 3.05. The van der Waals surface area contributed by atoms with Gasteiger partial charge in [0.1, 0.15) is 0 Å². The highest BCUT2D eigenvalue weighted by Crippen LogP contribution is 2.20. The van der Waals surface area contributed by atoms with Gasteiger partial charge in [-0.15, -0.1) is 0 Å². The molecule has 0 amide bonds. The molecule has 1 saturated heterocycles. The number of hydrogen-bond donors (Lipinski definition) is 0. The van der Waals surface area contributed by atoms with Crippen molar-refractivity contribution in [3.8, 4) is 0 Å². The van der Waals surface area contributed by atoms with E-state index in [1.54, 1.807) is 12.1 Å². The smallest absolute Gasteiger partial charge is 0.243 e. The molecule has 1 atom stereocenters. The standard InChI is InChI=1S/C19H21NO3S/c1-16-7-11-19(12-8-16)24(21,22)20-13-14-23-18(15-20)10-9-17-5-3-2-4-6-17/h2-12,18H,13-15H2,1H3/b10-9+. The minimum atomic E-state index is -3.48. The highest BCUT2D eigenvalue weighted by Gasteiger charge is 2.29. The summed E-state index contributed by atoms with van der Waals surface area (Å²) in [5.74, 6) is 0. The van der Waals surface area contributed by atoms with Crippen LogP contribution < -0.4 is 0 Å². The molecule has 0 aliphatic carbocycles. The van der Waals surface area contributed by atoms with Crippen molar-refractivity contribution in [1.82, 2.24) is 4.31 Å². The lowest BCUT2D eigenvalue weighted by molar-refractivity contribution is 0.0273. The van der Waals surface area contributed by atoms with Crippen LogP contribution in [0, 0.1) is 6.92 Å². The summed E-state index contributed by atoms with van der Waals surface area (Å²) in [5, 5.41) is 0. The molecule has 0 radical (unpaired) electrons. The number of rotatable bonds is 4. The highest BCUT2D eigenvalue weighted by molar-refractivity contribution is 7.89. The summed E-state index contributed by atoms with van der Waals surface area (Å²) in [6.07, 6.45) is 3.65. The minimum Gasteiger partial charge on any atom is -0.371 e. The number of morpholine rings is 1. The van der Waals surface area contributed by atoms with Gasteiger partial charge in [0.2, 0.25) is 10.0 Å². The van der Waals surface area contributed by atoms with Gasteiger partial charge in [0.25, 0.3) is 0 Å². The predicted molar refractivity (Wildman–Crippen MR) is 95.2 cm³/mol. The van der Waals surface area contributed by atoms with E-state index in [4.69, 9.17) is 4.74 Å². The Bertz CT molecular complexity index is 798. The van der Waals surface area contributed by atoms with Crippen molar-refractivity contribution >= 4 is 16.1 Å². The van der Waals surface area contributed by atoms with Crippen molar-refractivity contribution in [3.05, 3.63) is 71.8 Å². The Morgan fingerprint density at radius 1 is 1.08 bits per heavy atom. The quantitative estimate of drug-likeness (QED) is 0.857. The molecule has 1 aliphatic heterocycles. The van der Waals surface area contributed by atoms with Crippen molar-refractivity contribution in [1.29, 1.82) is 0 Å². The maximum absolute atomic E-state index is 12.8. The second-order valence-electron chi connectivity index (χ2n) is 5.86. The first-order valence-corrected chi connectivity index (χ1v) is 9.41. The Hall–Kier alpha value is -1.95. The molecule has 2 aromatic carbocycles. The Morgan fingerprint density at radius 2 is 1.79 bits per heavy atom. The maximum Gasteiger partial charge on any atom is 0.243 e. The number of benzene rings is 2. The zero-order valence-corrected chi connectivity index (χ0v) is 14.4.